The summed E-state index contributed by atoms with van der Waals surface area (Å²) in [5, 5.41) is 36.5. The molecule has 0 radical (unpaired) electrons. The third kappa shape index (κ3) is 3.72. The summed E-state index contributed by atoms with van der Waals surface area (Å²) >= 11 is 0. The van der Waals surface area contributed by atoms with Gasteiger partial charge in [0.05, 0.1) is 18.1 Å². The van der Waals surface area contributed by atoms with Gasteiger partial charge in [0.1, 0.15) is 11.4 Å². The number of aliphatic hydroxyl groups excluding tert-OH is 1. The highest BCUT2D eigenvalue weighted by atomic mass is 19.3. The Bertz CT molecular complexity index is 1100. The first-order valence-electron chi connectivity index (χ1n) is 9.89. The molecule has 1 aromatic carbocycles. The van der Waals surface area contributed by atoms with E-state index in [1.807, 2.05) is 0 Å². The molecule has 0 bridgehead atoms. The molecule has 1 aliphatic heterocycles. The van der Waals surface area contributed by atoms with E-state index in [2.05, 4.69) is 10.4 Å². The van der Waals surface area contributed by atoms with Gasteiger partial charge in [0.15, 0.2) is 11.4 Å². The minimum Gasteiger partial charge on any atom is -0.465 e. The van der Waals surface area contributed by atoms with Crippen molar-refractivity contribution < 1.29 is 33.0 Å². The van der Waals surface area contributed by atoms with Crippen LogP contribution in [0.25, 0.3) is 0 Å². The van der Waals surface area contributed by atoms with Crippen molar-refractivity contribution in [3.05, 3.63) is 41.8 Å². The maximum Gasteiger partial charge on any atom is 0.411 e. The van der Waals surface area contributed by atoms with E-state index < -0.39 is 48.0 Å². The molecule has 2 amide bonds. The number of nitrogens with one attached hydrogen (secondary N) is 1. The number of aliphatic hydroxyl groups is 1. The number of piperidine rings is 1. The van der Waals surface area contributed by atoms with Crippen molar-refractivity contribution in [3.63, 3.8) is 0 Å². The zero-order valence-corrected chi connectivity index (χ0v) is 17.4. The smallest absolute Gasteiger partial charge is 0.411 e. The normalized spacial score (nSPS) is 22.9. The van der Waals surface area contributed by atoms with Crippen LogP contribution in [0.2, 0.25) is 0 Å². The second-order valence-corrected chi connectivity index (χ2v) is 7.53. The van der Waals surface area contributed by atoms with E-state index in [0.29, 0.717) is 4.68 Å². The van der Waals surface area contributed by atoms with E-state index in [-0.39, 0.29) is 34.8 Å². The number of carboxylic acid groups (broad SMARTS) is 1. The molecule has 33 heavy (non-hydrogen) atoms. The predicted molar refractivity (Wildman–Crippen MR) is 108 cm³/mol. The van der Waals surface area contributed by atoms with Crippen molar-refractivity contribution >= 4 is 23.5 Å². The summed E-state index contributed by atoms with van der Waals surface area (Å²) in [6, 6.07) is 2.27. The summed E-state index contributed by atoms with van der Waals surface area (Å²) in [5.41, 5.74) is 2.41. The lowest BCUT2D eigenvalue weighted by Gasteiger charge is -2.52. The van der Waals surface area contributed by atoms with Crippen LogP contribution in [0.4, 0.5) is 29.5 Å². The fourth-order valence-electron chi connectivity index (χ4n) is 4.12. The second-order valence-electron chi connectivity index (χ2n) is 7.53. The molecule has 5 N–H and O–H groups in total. The van der Waals surface area contributed by atoms with Gasteiger partial charge in [-0.3, -0.25) is 9.48 Å². The molecule has 3 unspecified atom stereocenters. The molecule has 0 aliphatic carbocycles. The molecular formula is C20H21F3N6O4. The van der Waals surface area contributed by atoms with E-state index >= 15 is 8.78 Å². The highest BCUT2D eigenvalue weighted by molar-refractivity contribution is 5.98. The second kappa shape index (κ2) is 8.62. The summed E-state index contributed by atoms with van der Waals surface area (Å²) < 4.78 is 45.4. The van der Waals surface area contributed by atoms with Crippen LogP contribution in [0.5, 0.6) is 0 Å². The summed E-state index contributed by atoms with van der Waals surface area (Å²) in [5.74, 6) is -3.47. The lowest BCUT2D eigenvalue weighted by molar-refractivity contribution is -0.271. The van der Waals surface area contributed by atoms with E-state index in [9.17, 15) is 29.5 Å². The van der Waals surface area contributed by atoms with Gasteiger partial charge in [0, 0.05) is 18.4 Å². The Balaban J connectivity index is 2.25. The van der Waals surface area contributed by atoms with Crippen molar-refractivity contribution in [2.75, 3.05) is 11.9 Å². The Hall–Kier alpha value is -3.79. The number of likely N-dealkylation sites (tertiary alicyclic amines) is 1. The number of hydrogen-bond acceptors (Lipinski definition) is 6. The Morgan fingerprint density at radius 1 is 1.39 bits per heavy atom. The Labute approximate surface area is 186 Å². The van der Waals surface area contributed by atoms with Gasteiger partial charge >= 0.3 is 12.1 Å². The average molecular weight is 466 g/mol. The van der Waals surface area contributed by atoms with Crippen LogP contribution in [0.15, 0.2) is 30.5 Å². The predicted octanol–water partition coefficient (Wildman–Crippen LogP) is 2.45. The molecule has 2 aromatic rings. The van der Waals surface area contributed by atoms with Crippen LogP contribution >= 0.6 is 0 Å². The maximum absolute atomic E-state index is 15.8. The molecule has 10 nitrogen and oxygen atoms in total. The highest BCUT2D eigenvalue weighted by Crippen LogP contribution is 2.51. The summed E-state index contributed by atoms with van der Waals surface area (Å²) in [4.78, 5) is 23.5. The molecular weight excluding hydrogens is 445 g/mol. The molecule has 1 aliphatic rings. The van der Waals surface area contributed by atoms with Crippen LogP contribution in [0.1, 0.15) is 30.1 Å². The average Bonchev–Trinajstić information content (AvgIpc) is 3.17. The van der Waals surface area contributed by atoms with Gasteiger partial charge < -0.3 is 21.3 Å². The van der Waals surface area contributed by atoms with Crippen molar-refractivity contribution in [3.8, 4) is 6.07 Å². The number of amides is 2. The molecule has 2 heterocycles. The van der Waals surface area contributed by atoms with E-state index in [4.69, 9.17) is 5.73 Å². The first-order valence-corrected chi connectivity index (χ1v) is 9.89. The number of primary amides is 1. The molecule has 13 heteroatoms. The number of hydrogen-bond donors (Lipinski definition) is 4. The lowest BCUT2D eigenvalue weighted by Crippen LogP contribution is -2.72. The van der Waals surface area contributed by atoms with Crippen molar-refractivity contribution in [1.82, 2.24) is 14.7 Å². The van der Waals surface area contributed by atoms with Gasteiger partial charge in [0.25, 0.3) is 5.91 Å². The van der Waals surface area contributed by atoms with E-state index in [0.717, 1.165) is 18.3 Å². The van der Waals surface area contributed by atoms with Crippen molar-refractivity contribution in [1.29, 1.82) is 5.26 Å². The van der Waals surface area contributed by atoms with Crippen LogP contribution in [0, 0.1) is 23.1 Å². The number of halogens is 3. The summed E-state index contributed by atoms with van der Waals surface area (Å²) in [6.45, 7) is 0.732. The van der Waals surface area contributed by atoms with Gasteiger partial charge in [-0.05, 0) is 37.1 Å². The Morgan fingerprint density at radius 2 is 2.03 bits per heavy atom. The van der Waals surface area contributed by atoms with Crippen LogP contribution in [0.3, 0.4) is 0 Å². The summed E-state index contributed by atoms with van der Waals surface area (Å²) in [7, 11) is 0. The molecule has 176 valence electrons. The van der Waals surface area contributed by atoms with E-state index in [1.165, 1.54) is 19.1 Å². The third-order valence-electron chi connectivity index (χ3n) is 5.74. The standard InChI is InChI=1S/C20H21F3N6O4/c1-2-15(30)19(11(9-24)7-8-28(18(32)33)20(19,22)23)29-10-14(16(25)31)17(27-29)26-13-5-3-12(21)4-6-13/h3-6,10-11,15,30H,2,7-8H2,1H3,(H2,25,31)(H,26,27)(H,32,33). The molecule has 1 aromatic heterocycles. The largest absolute Gasteiger partial charge is 0.465 e. The minimum absolute atomic E-state index is 0.154. The van der Waals surface area contributed by atoms with Crippen LogP contribution in [-0.2, 0) is 5.54 Å². The number of benzene rings is 1. The number of rotatable bonds is 6. The fourth-order valence-corrected chi connectivity index (χ4v) is 4.12. The molecule has 3 atom stereocenters. The molecule has 3 rings (SSSR count). The molecule has 1 fully saturated rings. The number of anilines is 2. The number of nitrogens with zero attached hydrogens (tertiary/aromatic N) is 4. The SMILES string of the molecule is CCC(O)C1(n2cc(C(N)=O)c(Nc3ccc(F)cc3)n2)C(C#N)CCN(C(=O)O)C1(F)F. The Kier molecular flexibility index (Phi) is 6.24. The number of nitrogens with two attached hydrogens (primary N) is 1. The van der Waals surface area contributed by atoms with Gasteiger partial charge in [0.2, 0.25) is 0 Å². The molecule has 0 saturated carbocycles. The Morgan fingerprint density at radius 3 is 2.55 bits per heavy atom. The van der Waals surface area contributed by atoms with Gasteiger partial charge in [-0.1, -0.05) is 6.92 Å². The quantitative estimate of drug-likeness (QED) is 0.476. The van der Waals surface area contributed by atoms with Gasteiger partial charge in [-0.2, -0.15) is 19.1 Å². The number of carbonyl (C=O) groups is 2. The van der Waals surface area contributed by atoms with Crippen LogP contribution in [-0.4, -0.2) is 55.6 Å². The van der Waals surface area contributed by atoms with Crippen LogP contribution < -0.4 is 11.1 Å². The molecule has 0 spiro atoms. The first-order chi connectivity index (χ1) is 15.5. The first kappa shape index (κ1) is 23.9. The maximum atomic E-state index is 15.8. The van der Waals surface area contributed by atoms with Crippen molar-refractivity contribution in [2.24, 2.45) is 11.7 Å². The number of alkyl halides is 2. The zero-order chi connectivity index (χ0) is 24.6. The highest BCUT2D eigenvalue weighted by Gasteiger charge is 2.70. The topological polar surface area (TPSA) is 158 Å². The van der Waals surface area contributed by atoms with Crippen molar-refractivity contribution in [2.45, 2.75) is 37.5 Å². The fraction of sp³-hybridized carbons (Fsp3) is 0.400. The number of aromatic nitrogens is 2. The zero-order valence-electron chi connectivity index (χ0n) is 17.4. The third-order valence-corrected chi connectivity index (χ3v) is 5.74. The monoisotopic (exact) mass is 466 g/mol. The van der Waals surface area contributed by atoms with Gasteiger partial charge in [-0.15, -0.1) is 0 Å². The van der Waals surface area contributed by atoms with E-state index in [1.54, 1.807) is 6.07 Å². The molecule has 1 saturated heterocycles. The number of nitriles is 1. The number of carbonyl (C=O) groups excluding carboxylic acids is 1. The lowest BCUT2D eigenvalue weighted by atomic mass is 9.72. The van der Waals surface area contributed by atoms with Gasteiger partial charge in [-0.25, -0.2) is 14.1 Å². The minimum atomic E-state index is -4.29. The summed E-state index contributed by atoms with van der Waals surface area (Å²) in [6.07, 6.45) is -3.64.